The maximum Gasteiger partial charge on any atom is 0.126 e. The van der Waals surface area contributed by atoms with E-state index in [2.05, 4.69) is 4.90 Å². The predicted molar refractivity (Wildman–Crippen MR) is 72.4 cm³/mol. The van der Waals surface area contributed by atoms with E-state index < -0.39 is 6.10 Å². The Balaban J connectivity index is 1.86. The van der Waals surface area contributed by atoms with E-state index in [0.717, 1.165) is 25.9 Å². The van der Waals surface area contributed by atoms with E-state index in [9.17, 15) is 14.6 Å². The van der Waals surface area contributed by atoms with Crippen LogP contribution in [-0.4, -0.2) is 40.9 Å². The molecule has 1 heterocycles. The Morgan fingerprint density at radius 2 is 2.26 bits per heavy atom. The first-order valence-electron chi connectivity index (χ1n) is 6.91. The van der Waals surface area contributed by atoms with Gasteiger partial charge in [-0.3, -0.25) is 0 Å². The standard InChI is InChI=1S/C15H22FNO2/c1-11-4-5-12(9-14(11)16)15(19)6-8-17-7-2-3-13(18)10-17/h4-5,9,13,15,18-19H,2-3,6-8,10H2,1H3. The first-order valence-corrected chi connectivity index (χ1v) is 6.91. The van der Waals surface area contributed by atoms with E-state index in [1.165, 1.54) is 6.07 Å². The van der Waals surface area contributed by atoms with Crippen LogP contribution in [0.5, 0.6) is 0 Å². The molecular weight excluding hydrogens is 245 g/mol. The first kappa shape index (κ1) is 14.4. The topological polar surface area (TPSA) is 43.7 Å². The van der Waals surface area contributed by atoms with E-state index in [1.807, 2.05) is 0 Å². The van der Waals surface area contributed by atoms with Gasteiger partial charge in [0.05, 0.1) is 12.2 Å². The summed E-state index contributed by atoms with van der Waals surface area (Å²) in [7, 11) is 0. The van der Waals surface area contributed by atoms with E-state index in [4.69, 9.17) is 0 Å². The molecule has 2 N–H and O–H groups in total. The number of rotatable bonds is 4. The molecule has 0 aliphatic carbocycles. The normalized spacial score (nSPS) is 22.4. The molecule has 3 nitrogen and oxygen atoms in total. The molecule has 0 amide bonds. The van der Waals surface area contributed by atoms with Gasteiger partial charge in [0.2, 0.25) is 0 Å². The second-order valence-corrected chi connectivity index (χ2v) is 5.41. The van der Waals surface area contributed by atoms with E-state index in [1.54, 1.807) is 19.1 Å². The molecule has 4 heteroatoms. The number of likely N-dealkylation sites (tertiary alicyclic amines) is 1. The number of nitrogens with zero attached hydrogens (tertiary/aromatic N) is 1. The van der Waals surface area contributed by atoms with Crippen molar-refractivity contribution in [3.63, 3.8) is 0 Å². The molecule has 0 bridgehead atoms. The maximum atomic E-state index is 13.4. The highest BCUT2D eigenvalue weighted by molar-refractivity contribution is 5.24. The van der Waals surface area contributed by atoms with Crippen LogP contribution >= 0.6 is 0 Å². The van der Waals surface area contributed by atoms with Gasteiger partial charge in [-0.1, -0.05) is 12.1 Å². The van der Waals surface area contributed by atoms with Gasteiger partial charge in [0, 0.05) is 13.1 Å². The Morgan fingerprint density at radius 1 is 1.47 bits per heavy atom. The van der Waals surface area contributed by atoms with Crippen LogP contribution in [-0.2, 0) is 0 Å². The van der Waals surface area contributed by atoms with Crippen molar-refractivity contribution < 1.29 is 14.6 Å². The summed E-state index contributed by atoms with van der Waals surface area (Å²) in [4.78, 5) is 2.15. The van der Waals surface area contributed by atoms with Crippen LogP contribution < -0.4 is 0 Å². The molecule has 1 aromatic carbocycles. The van der Waals surface area contributed by atoms with Gasteiger partial charge >= 0.3 is 0 Å². The molecule has 0 spiro atoms. The minimum atomic E-state index is -0.644. The Hall–Kier alpha value is -0.970. The number of aryl methyl sites for hydroxylation is 1. The van der Waals surface area contributed by atoms with Crippen LogP contribution in [0.25, 0.3) is 0 Å². The van der Waals surface area contributed by atoms with Gasteiger partial charge in [0.25, 0.3) is 0 Å². The highest BCUT2D eigenvalue weighted by Gasteiger charge is 2.18. The summed E-state index contributed by atoms with van der Waals surface area (Å²) in [6.07, 6.45) is 1.53. The van der Waals surface area contributed by atoms with Gasteiger partial charge in [-0.25, -0.2) is 4.39 Å². The van der Waals surface area contributed by atoms with Gasteiger partial charge in [0.15, 0.2) is 0 Å². The highest BCUT2D eigenvalue weighted by atomic mass is 19.1. The molecule has 1 fully saturated rings. The third-order valence-electron chi connectivity index (χ3n) is 3.78. The van der Waals surface area contributed by atoms with Crippen LogP contribution in [0.4, 0.5) is 4.39 Å². The van der Waals surface area contributed by atoms with Crippen LogP contribution in [0.1, 0.15) is 36.5 Å². The average Bonchev–Trinajstić information content (AvgIpc) is 2.39. The number of benzene rings is 1. The summed E-state index contributed by atoms with van der Waals surface area (Å²) in [6.45, 7) is 4.08. The molecule has 0 aromatic heterocycles. The second kappa shape index (κ2) is 6.46. The van der Waals surface area contributed by atoms with Crippen molar-refractivity contribution >= 4 is 0 Å². The lowest BCUT2D eigenvalue weighted by atomic mass is 10.0. The Labute approximate surface area is 113 Å². The quantitative estimate of drug-likeness (QED) is 0.877. The molecule has 2 atom stereocenters. The third-order valence-corrected chi connectivity index (χ3v) is 3.78. The van der Waals surface area contributed by atoms with Crippen molar-refractivity contribution in [3.05, 3.63) is 35.1 Å². The summed E-state index contributed by atoms with van der Waals surface area (Å²) in [6, 6.07) is 4.87. The molecular formula is C15H22FNO2. The van der Waals surface area contributed by atoms with Gasteiger partial charge in [-0.15, -0.1) is 0 Å². The largest absolute Gasteiger partial charge is 0.392 e. The second-order valence-electron chi connectivity index (χ2n) is 5.41. The van der Waals surface area contributed by atoms with E-state index >= 15 is 0 Å². The molecule has 2 unspecified atom stereocenters. The van der Waals surface area contributed by atoms with Crippen LogP contribution in [0.3, 0.4) is 0 Å². The van der Waals surface area contributed by atoms with Gasteiger partial charge in [-0.2, -0.15) is 0 Å². The zero-order chi connectivity index (χ0) is 13.8. The molecule has 1 aromatic rings. The van der Waals surface area contributed by atoms with Crippen molar-refractivity contribution in [1.29, 1.82) is 0 Å². The smallest absolute Gasteiger partial charge is 0.126 e. The fourth-order valence-corrected chi connectivity index (χ4v) is 2.52. The molecule has 0 saturated carbocycles. The summed E-state index contributed by atoms with van der Waals surface area (Å²) in [5, 5.41) is 19.7. The van der Waals surface area contributed by atoms with Gasteiger partial charge in [0.1, 0.15) is 5.82 Å². The van der Waals surface area contributed by atoms with Crippen LogP contribution in [0.15, 0.2) is 18.2 Å². The maximum absolute atomic E-state index is 13.4. The molecule has 106 valence electrons. The third kappa shape index (κ3) is 4.00. The minimum absolute atomic E-state index is 0.247. The van der Waals surface area contributed by atoms with E-state index in [-0.39, 0.29) is 11.9 Å². The van der Waals surface area contributed by atoms with Crippen LogP contribution in [0, 0.1) is 12.7 Å². The Kier molecular flexibility index (Phi) is 4.91. The average molecular weight is 267 g/mol. The highest BCUT2D eigenvalue weighted by Crippen LogP contribution is 2.20. The van der Waals surface area contributed by atoms with Crippen molar-refractivity contribution in [2.45, 2.75) is 38.4 Å². The monoisotopic (exact) mass is 267 g/mol. The number of aliphatic hydroxyl groups excluding tert-OH is 2. The van der Waals surface area contributed by atoms with Crippen molar-refractivity contribution in [2.24, 2.45) is 0 Å². The number of aliphatic hydroxyl groups is 2. The lowest BCUT2D eigenvalue weighted by Gasteiger charge is -2.30. The molecule has 19 heavy (non-hydrogen) atoms. The fraction of sp³-hybridized carbons (Fsp3) is 0.600. The number of halogens is 1. The lowest BCUT2D eigenvalue weighted by molar-refractivity contribution is 0.0590. The number of hydrogen-bond donors (Lipinski definition) is 2. The minimum Gasteiger partial charge on any atom is -0.392 e. The molecule has 1 aliphatic heterocycles. The zero-order valence-electron chi connectivity index (χ0n) is 11.3. The molecule has 1 saturated heterocycles. The van der Waals surface area contributed by atoms with Crippen molar-refractivity contribution in [1.82, 2.24) is 4.90 Å². The number of piperidine rings is 1. The van der Waals surface area contributed by atoms with Crippen LogP contribution in [0.2, 0.25) is 0 Å². The summed E-state index contributed by atoms with van der Waals surface area (Å²) in [5.74, 6) is -0.273. The summed E-state index contributed by atoms with van der Waals surface area (Å²) >= 11 is 0. The SMILES string of the molecule is Cc1ccc(C(O)CCN2CCCC(O)C2)cc1F. The first-order chi connectivity index (χ1) is 9.06. The number of hydrogen-bond acceptors (Lipinski definition) is 3. The number of β-amino-alcohol motifs (C(OH)–C–C–N with tert-alkyl or cyclic N) is 1. The predicted octanol–water partition coefficient (Wildman–Crippen LogP) is 2.01. The Morgan fingerprint density at radius 3 is 2.95 bits per heavy atom. The van der Waals surface area contributed by atoms with Crippen molar-refractivity contribution in [2.75, 3.05) is 19.6 Å². The zero-order valence-corrected chi connectivity index (χ0v) is 11.3. The fourth-order valence-electron chi connectivity index (χ4n) is 2.52. The summed E-state index contributed by atoms with van der Waals surface area (Å²) < 4.78 is 13.4. The van der Waals surface area contributed by atoms with E-state index in [0.29, 0.717) is 24.1 Å². The molecule has 2 rings (SSSR count). The van der Waals surface area contributed by atoms with Crippen molar-refractivity contribution in [3.8, 4) is 0 Å². The lowest BCUT2D eigenvalue weighted by Crippen LogP contribution is -2.39. The van der Waals surface area contributed by atoms with Gasteiger partial charge in [-0.05, 0) is 49.9 Å². The summed E-state index contributed by atoms with van der Waals surface area (Å²) in [5.41, 5.74) is 1.22. The molecule has 1 aliphatic rings. The van der Waals surface area contributed by atoms with Gasteiger partial charge < -0.3 is 15.1 Å². The molecule has 0 radical (unpaired) electrons. The Bertz CT molecular complexity index is 425.